The molecule has 1 aliphatic rings. The topological polar surface area (TPSA) is 105 Å². The lowest BCUT2D eigenvalue weighted by Crippen LogP contribution is -2.37. The molecule has 0 atom stereocenters. The second-order valence-corrected chi connectivity index (χ2v) is 7.38. The summed E-state index contributed by atoms with van der Waals surface area (Å²) in [4.78, 5) is 14.7. The Labute approximate surface area is 168 Å². The van der Waals surface area contributed by atoms with Gasteiger partial charge in [-0.15, -0.1) is 10.2 Å². The monoisotopic (exact) mass is 396 g/mol. The number of nitrogens with zero attached hydrogens (tertiary/aromatic N) is 3. The van der Waals surface area contributed by atoms with Gasteiger partial charge in [0, 0.05) is 5.92 Å². The first-order chi connectivity index (χ1) is 14.0. The highest BCUT2D eigenvalue weighted by Crippen LogP contribution is 2.27. The Morgan fingerprint density at radius 3 is 2.66 bits per heavy atom. The van der Waals surface area contributed by atoms with Crippen LogP contribution in [0.3, 0.4) is 0 Å². The molecule has 0 bridgehead atoms. The Morgan fingerprint density at radius 2 is 1.97 bits per heavy atom. The van der Waals surface area contributed by atoms with E-state index in [1.807, 2.05) is 19.9 Å². The number of nitrogens with one attached hydrogen (secondary N) is 1. The number of piperidine rings is 1. The van der Waals surface area contributed by atoms with E-state index in [1.54, 1.807) is 24.3 Å². The molecule has 3 heterocycles. The zero-order chi connectivity index (χ0) is 20.4. The van der Waals surface area contributed by atoms with Gasteiger partial charge in [0.15, 0.2) is 0 Å². The number of amides is 1. The van der Waals surface area contributed by atoms with E-state index in [2.05, 4.69) is 20.4 Å². The number of aryl methyl sites for hydroxylation is 2. The molecule has 8 nitrogen and oxygen atoms in total. The maximum absolute atomic E-state index is 12.5. The van der Waals surface area contributed by atoms with E-state index in [-0.39, 0.29) is 17.6 Å². The Hall–Kier alpha value is -3.13. The maximum atomic E-state index is 12.5. The number of aromatic hydroxyl groups is 1. The first kappa shape index (κ1) is 19.2. The first-order valence-corrected chi connectivity index (χ1v) is 9.70. The number of furan rings is 1. The second-order valence-electron chi connectivity index (χ2n) is 7.38. The molecule has 0 spiro atoms. The van der Waals surface area contributed by atoms with E-state index in [1.165, 1.54) is 0 Å². The van der Waals surface area contributed by atoms with Crippen LogP contribution in [0.25, 0.3) is 11.5 Å². The highest BCUT2D eigenvalue weighted by atomic mass is 16.4. The molecule has 1 fully saturated rings. The van der Waals surface area contributed by atoms with Crippen molar-refractivity contribution in [2.45, 2.75) is 33.2 Å². The molecular weight excluding hydrogens is 372 g/mol. The molecule has 3 aromatic rings. The van der Waals surface area contributed by atoms with E-state index >= 15 is 0 Å². The van der Waals surface area contributed by atoms with Crippen LogP contribution in [0.5, 0.6) is 5.75 Å². The molecule has 2 aromatic heterocycles. The molecule has 8 heteroatoms. The van der Waals surface area contributed by atoms with Gasteiger partial charge in [-0.05, 0) is 58.0 Å². The maximum Gasteiger partial charge on any atom is 0.251 e. The van der Waals surface area contributed by atoms with Crippen molar-refractivity contribution in [3.63, 3.8) is 0 Å². The van der Waals surface area contributed by atoms with Gasteiger partial charge in [0.05, 0.1) is 17.8 Å². The summed E-state index contributed by atoms with van der Waals surface area (Å²) in [6.45, 7) is 5.84. The molecule has 0 radical (unpaired) electrons. The van der Waals surface area contributed by atoms with E-state index in [4.69, 9.17) is 8.83 Å². The van der Waals surface area contributed by atoms with Crippen molar-refractivity contribution in [1.82, 2.24) is 15.1 Å². The number of para-hydroxylation sites is 2. The van der Waals surface area contributed by atoms with Crippen LogP contribution in [0.4, 0.5) is 5.69 Å². The van der Waals surface area contributed by atoms with Crippen molar-refractivity contribution >= 4 is 11.6 Å². The van der Waals surface area contributed by atoms with Gasteiger partial charge < -0.3 is 19.3 Å². The van der Waals surface area contributed by atoms with Gasteiger partial charge in [-0.1, -0.05) is 12.1 Å². The molecule has 4 rings (SSSR count). The van der Waals surface area contributed by atoms with Crippen LogP contribution in [0.1, 0.15) is 30.3 Å². The summed E-state index contributed by atoms with van der Waals surface area (Å²) in [6, 6.07) is 8.65. The summed E-state index contributed by atoms with van der Waals surface area (Å²) in [5.41, 5.74) is 1.27. The number of benzene rings is 1. The second kappa shape index (κ2) is 8.08. The van der Waals surface area contributed by atoms with Crippen molar-refractivity contribution < 1.29 is 18.7 Å². The average molecular weight is 396 g/mol. The fourth-order valence-corrected chi connectivity index (χ4v) is 3.63. The lowest BCUT2D eigenvalue weighted by molar-refractivity contribution is -0.121. The number of carbonyl (C=O) groups is 1. The highest BCUT2D eigenvalue weighted by Gasteiger charge is 2.26. The Bertz CT molecular complexity index is 1000. The predicted octanol–water partition coefficient (Wildman–Crippen LogP) is 3.50. The van der Waals surface area contributed by atoms with Crippen molar-refractivity contribution in [3.8, 4) is 17.2 Å². The third kappa shape index (κ3) is 4.32. The molecule has 0 unspecified atom stereocenters. The van der Waals surface area contributed by atoms with Crippen molar-refractivity contribution in [1.29, 1.82) is 0 Å². The van der Waals surface area contributed by atoms with Gasteiger partial charge in [0.25, 0.3) is 5.89 Å². The summed E-state index contributed by atoms with van der Waals surface area (Å²) < 4.78 is 11.3. The number of anilines is 1. The van der Waals surface area contributed by atoms with Crippen LogP contribution in [0, 0.1) is 19.8 Å². The smallest absolute Gasteiger partial charge is 0.251 e. The number of hydrogen-bond acceptors (Lipinski definition) is 7. The summed E-state index contributed by atoms with van der Waals surface area (Å²) in [6.07, 6.45) is 1.47. The average Bonchev–Trinajstić information content (AvgIpc) is 3.29. The SMILES string of the molecule is Cc1cc(-c2nnc(CN3CCC(C(=O)Nc4ccccc4O)CC3)o2)c(C)o1. The van der Waals surface area contributed by atoms with Crippen LogP contribution in [0.2, 0.25) is 0 Å². The molecule has 1 saturated heterocycles. The van der Waals surface area contributed by atoms with Gasteiger partial charge in [-0.3, -0.25) is 9.69 Å². The number of likely N-dealkylation sites (tertiary alicyclic amines) is 1. The molecule has 2 N–H and O–H groups in total. The quantitative estimate of drug-likeness (QED) is 0.636. The molecule has 0 aliphatic carbocycles. The number of hydrogen-bond donors (Lipinski definition) is 2. The largest absolute Gasteiger partial charge is 0.506 e. The van der Waals surface area contributed by atoms with E-state index in [0.29, 0.717) is 24.0 Å². The first-order valence-electron chi connectivity index (χ1n) is 9.70. The van der Waals surface area contributed by atoms with Crippen LogP contribution in [0.15, 0.2) is 39.2 Å². The van der Waals surface area contributed by atoms with Gasteiger partial charge >= 0.3 is 0 Å². The lowest BCUT2D eigenvalue weighted by atomic mass is 9.96. The Kier molecular flexibility index (Phi) is 5.35. The van der Waals surface area contributed by atoms with Crippen molar-refractivity contribution in [2.75, 3.05) is 18.4 Å². The number of rotatable bonds is 5. The molecular formula is C21H24N4O4. The van der Waals surface area contributed by atoms with Crippen LogP contribution >= 0.6 is 0 Å². The van der Waals surface area contributed by atoms with E-state index < -0.39 is 0 Å². The molecule has 1 aromatic carbocycles. The highest BCUT2D eigenvalue weighted by molar-refractivity contribution is 5.93. The lowest BCUT2D eigenvalue weighted by Gasteiger charge is -2.30. The minimum Gasteiger partial charge on any atom is -0.506 e. The minimum atomic E-state index is -0.0827. The van der Waals surface area contributed by atoms with Crippen LogP contribution in [-0.4, -0.2) is 39.2 Å². The molecule has 1 amide bonds. The summed E-state index contributed by atoms with van der Waals surface area (Å²) in [5.74, 6) is 2.52. The zero-order valence-electron chi connectivity index (χ0n) is 16.5. The number of phenols is 1. The fraction of sp³-hybridized carbons (Fsp3) is 0.381. The minimum absolute atomic E-state index is 0.0583. The predicted molar refractivity (Wildman–Crippen MR) is 106 cm³/mol. The van der Waals surface area contributed by atoms with E-state index in [9.17, 15) is 9.90 Å². The molecule has 29 heavy (non-hydrogen) atoms. The molecule has 0 saturated carbocycles. The molecule has 1 aliphatic heterocycles. The van der Waals surface area contributed by atoms with Crippen molar-refractivity contribution in [3.05, 3.63) is 47.7 Å². The summed E-state index contributed by atoms with van der Waals surface area (Å²) in [5, 5.41) is 20.9. The van der Waals surface area contributed by atoms with Gasteiger partial charge in [0.2, 0.25) is 11.8 Å². The number of phenolic OH excluding ortho intramolecular Hbond substituents is 1. The zero-order valence-corrected chi connectivity index (χ0v) is 16.5. The summed E-state index contributed by atoms with van der Waals surface area (Å²) in [7, 11) is 0. The number of carbonyl (C=O) groups excluding carboxylic acids is 1. The number of aromatic nitrogens is 2. The van der Waals surface area contributed by atoms with Crippen LogP contribution < -0.4 is 5.32 Å². The Balaban J connectivity index is 1.31. The van der Waals surface area contributed by atoms with Gasteiger partial charge in [-0.25, -0.2) is 0 Å². The summed E-state index contributed by atoms with van der Waals surface area (Å²) >= 11 is 0. The fourth-order valence-electron chi connectivity index (χ4n) is 3.63. The molecule has 152 valence electrons. The third-order valence-corrected chi connectivity index (χ3v) is 5.22. The van der Waals surface area contributed by atoms with Crippen LogP contribution in [-0.2, 0) is 11.3 Å². The third-order valence-electron chi connectivity index (χ3n) is 5.22. The van der Waals surface area contributed by atoms with Gasteiger partial charge in [0.1, 0.15) is 17.3 Å². The Morgan fingerprint density at radius 1 is 1.21 bits per heavy atom. The van der Waals surface area contributed by atoms with Crippen molar-refractivity contribution in [2.24, 2.45) is 5.92 Å². The van der Waals surface area contributed by atoms with Gasteiger partial charge in [-0.2, -0.15) is 0 Å². The standard InChI is InChI=1S/C21H24N4O4/c1-13-11-16(14(2)28-13)21-24-23-19(29-21)12-25-9-7-15(8-10-25)20(27)22-17-5-3-4-6-18(17)26/h3-6,11,15,26H,7-10,12H2,1-2H3,(H,22,27). The van der Waals surface area contributed by atoms with E-state index in [0.717, 1.165) is 43.0 Å². The normalized spacial score (nSPS) is 15.5.